The summed E-state index contributed by atoms with van der Waals surface area (Å²) in [5, 5.41) is 2.92. The Morgan fingerprint density at radius 1 is 1.50 bits per heavy atom. The average Bonchev–Trinajstić information content (AvgIpc) is 2.40. The average molecular weight is 274 g/mol. The number of amides is 1. The van der Waals surface area contributed by atoms with Crippen LogP contribution in [0.25, 0.3) is 0 Å². The highest BCUT2D eigenvalue weighted by Crippen LogP contribution is 2.39. The standard InChI is InChI=1S/C16H19FN2O/c1-16(7-3-8-16)11-19-15(20)14-6-5-13(17)10-12(14)4-2-9-18/h5-6,10H,3,7-9,11,18H2,1H3,(H,19,20). The molecule has 1 aliphatic rings. The van der Waals surface area contributed by atoms with E-state index in [0.29, 0.717) is 17.7 Å². The van der Waals surface area contributed by atoms with Gasteiger partial charge < -0.3 is 11.1 Å². The first-order valence-corrected chi connectivity index (χ1v) is 6.81. The van der Waals surface area contributed by atoms with Gasteiger partial charge in [0.25, 0.3) is 5.91 Å². The van der Waals surface area contributed by atoms with Crippen LogP contribution in [-0.2, 0) is 0 Å². The Balaban J connectivity index is 2.12. The third-order valence-corrected chi connectivity index (χ3v) is 3.79. The molecule has 20 heavy (non-hydrogen) atoms. The number of carbonyl (C=O) groups is 1. The number of nitrogens with one attached hydrogen (secondary N) is 1. The topological polar surface area (TPSA) is 55.1 Å². The molecule has 2 rings (SSSR count). The van der Waals surface area contributed by atoms with Gasteiger partial charge >= 0.3 is 0 Å². The highest BCUT2D eigenvalue weighted by molar-refractivity contribution is 5.96. The molecule has 1 aromatic carbocycles. The molecule has 106 valence electrons. The van der Waals surface area contributed by atoms with Gasteiger partial charge in [0.1, 0.15) is 5.82 Å². The van der Waals surface area contributed by atoms with Gasteiger partial charge in [0.05, 0.1) is 12.1 Å². The van der Waals surface area contributed by atoms with E-state index in [4.69, 9.17) is 5.73 Å². The van der Waals surface area contributed by atoms with Gasteiger partial charge in [-0.2, -0.15) is 0 Å². The normalized spacial score (nSPS) is 15.8. The van der Waals surface area contributed by atoms with E-state index in [2.05, 4.69) is 24.1 Å². The molecule has 0 saturated heterocycles. The number of nitrogens with two attached hydrogens (primary N) is 1. The van der Waals surface area contributed by atoms with Crippen molar-refractivity contribution in [2.24, 2.45) is 11.1 Å². The Hall–Kier alpha value is -1.86. The molecule has 0 heterocycles. The predicted molar refractivity (Wildman–Crippen MR) is 76.6 cm³/mol. The van der Waals surface area contributed by atoms with Gasteiger partial charge in [-0.05, 0) is 36.5 Å². The van der Waals surface area contributed by atoms with Crippen LogP contribution in [0.5, 0.6) is 0 Å². The highest BCUT2D eigenvalue weighted by Gasteiger charge is 2.32. The second-order valence-corrected chi connectivity index (χ2v) is 5.54. The summed E-state index contributed by atoms with van der Waals surface area (Å²) in [5.74, 6) is 4.78. The van der Waals surface area contributed by atoms with Crippen LogP contribution in [0.1, 0.15) is 42.1 Å². The van der Waals surface area contributed by atoms with Crippen LogP contribution >= 0.6 is 0 Å². The minimum atomic E-state index is -0.408. The van der Waals surface area contributed by atoms with Crippen molar-refractivity contribution in [3.63, 3.8) is 0 Å². The van der Waals surface area contributed by atoms with Gasteiger partial charge in [-0.3, -0.25) is 4.79 Å². The number of hydrogen-bond acceptors (Lipinski definition) is 2. The molecule has 1 aromatic rings. The third kappa shape index (κ3) is 3.37. The Morgan fingerprint density at radius 2 is 2.25 bits per heavy atom. The van der Waals surface area contributed by atoms with E-state index in [0.717, 1.165) is 12.8 Å². The van der Waals surface area contributed by atoms with Crippen molar-refractivity contribution in [1.29, 1.82) is 0 Å². The number of rotatable bonds is 3. The molecule has 1 amide bonds. The molecule has 0 atom stereocenters. The van der Waals surface area contributed by atoms with Crippen molar-refractivity contribution in [3.05, 3.63) is 35.1 Å². The zero-order valence-electron chi connectivity index (χ0n) is 11.6. The van der Waals surface area contributed by atoms with E-state index in [1.165, 1.54) is 24.6 Å². The van der Waals surface area contributed by atoms with Crippen LogP contribution in [0.2, 0.25) is 0 Å². The Morgan fingerprint density at radius 3 is 2.85 bits per heavy atom. The molecular weight excluding hydrogens is 255 g/mol. The van der Waals surface area contributed by atoms with Gasteiger partial charge in [-0.25, -0.2) is 4.39 Å². The van der Waals surface area contributed by atoms with Crippen LogP contribution in [0, 0.1) is 23.1 Å². The van der Waals surface area contributed by atoms with Crippen molar-refractivity contribution in [2.75, 3.05) is 13.1 Å². The SMILES string of the molecule is CC1(CNC(=O)c2ccc(F)cc2C#CCN)CCC1. The maximum atomic E-state index is 13.2. The lowest BCUT2D eigenvalue weighted by molar-refractivity contribution is 0.0890. The maximum Gasteiger partial charge on any atom is 0.252 e. The maximum absolute atomic E-state index is 13.2. The summed E-state index contributed by atoms with van der Waals surface area (Å²) in [4.78, 5) is 12.2. The molecule has 1 saturated carbocycles. The van der Waals surface area contributed by atoms with Crippen LogP contribution in [-0.4, -0.2) is 19.0 Å². The molecule has 4 heteroatoms. The van der Waals surface area contributed by atoms with Crippen molar-refractivity contribution in [2.45, 2.75) is 26.2 Å². The zero-order valence-corrected chi connectivity index (χ0v) is 11.6. The Kier molecular flexibility index (Phi) is 4.41. The van der Waals surface area contributed by atoms with Gasteiger partial charge in [-0.15, -0.1) is 0 Å². The fourth-order valence-electron chi connectivity index (χ4n) is 2.31. The van der Waals surface area contributed by atoms with E-state index in [9.17, 15) is 9.18 Å². The first kappa shape index (κ1) is 14.5. The Bertz CT molecular complexity index is 568. The van der Waals surface area contributed by atoms with Crippen molar-refractivity contribution in [1.82, 2.24) is 5.32 Å². The monoisotopic (exact) mass is 274 g/mol. The molecule has 3 nitrogen and oxygen atoms in total. The minimum absolute atomic E-state index is 0.176. The summed E-state index contributed by atoms with van der Waals surface area (Å²) < 4.78 is 13.2. The van der Waals surface area contributed by atoms with Crippen molar-refractivity contribution >= 4 is 5.91 Å². The first-order chi connectivity index (χ1) is 9.54. The number of benzene rings is 1. The summed E-state index contributed by atoms with van der Waals surface area (Å²) >= 11 is 0. The summed E-state index contributed by atoms with van der Waals surface area (Å²) in [6.07, 6.45) is 3.49. The number of carbonyl (C=O) groups excluding carboxylic acids is 1. The molecule has 0 aromatic heterocycles. The third-order valence-electron chi connectivity index (χ3n) is 3.79. The fourth-order valence-corrected chi connectivity index (χ4v) is 2.31. The molecule has 0 radical (unpaired) electrons. The van der Waals surface area contributed by atoms with E-state index in [-0.39, 0.29) is 17.9 Å². The van der Waals surface area contributed by atoms with E-state index in [1.807, 2.05) is 0 Å². The second kappa shape index (κ2) is 6.06. The summed E-state index contributed by atoms with van der Waals surface area (Å²) in [7, 11) is 0. The molecule has 0 bridgehead atoms. The molecule has 0 unspecified atom stereocenters. The van der Waals surface area contributed by atoms with Gasteiger partial charge in [0.15, 0.2) is 0 Å². The quantitative estimate of drug-likeness (QED) is 0.829. The van der Waals surface area contributed by atoms with Gasteiger partial charge in [0.2, 0.25) is 0 Å². The molecule has 1 fully saturated rings. The predicted octanol–water partition coefficient (Wildman–Crippen LogP) is 2.06. The molecular formula is C16H19FN2O. The van der Waals surface area contributed by atoms with Crippen LogP contribution in [0.4, 0.5) is 4.39 Å². The smallest absolute Gasteiger partial charge is 0.252 e. The molecule has 0 aliphatic heterocycles. The lowest BCUT2D eigenvalue weighted by Gasteiger charge is -2.38. The van der Waals surface area contributed by atoms with E-state index >= 15 is 0 Å². The molecule has 1 aliphatic carbocycles. The number of hydrogen-bond donors (Lipinski definition) is 2. The number of halogens is 1. The van der Waals surface area contributed by atoms with Gasteiger partial charge in [0, 0.05) is 12.1 Å². The van der Waals surface area contributed by atoms with Gasteiger partial charge in [-0.1, -0.05) is 25.2 Å². The molecule has 0 spiro atoms. The van der Waals surface area contributed by atoms with E-state index < -0.39 is 5.82 Å². The summed E-state index contributed by atoms with van der Waals surface area (Å²) in [6.45, 7) is 2.99. The highest BCUT2D eigenvalue weighted by atomic mass is 19.1. The second-order valence-electron chi connectivity index (χ2n) is 5.54. The fraction of sp³-hybridized carbons (Fsp3) is 0.438. The summed E-state index contributed by atoms with van der Waals surface area (Å²) in [6, 6.07) is 4.00. The largest absolute Gasteiger partial charge is 0.351 e. The Labute approximate surface area is 118 Å². The van der Waals surface area contributed by atoms with Crippen LogP contribution < -0.4 is 11.1 Å². The van der Waals surface area contributed by atoms with Crippen molar-refractivity contribution in [3.8, 4) is 11.8 Å². The summed E-state index contributed by atoms with van der Waals surface area (Å²) in [5.41, 5.74) is 6.30. The van der Waals surface area contributed by atoms with Crippen molar-refractivity contribution < 1.29 is 9.18 Å². The van der Waals surface area contributed by atoms with Crippen LogP contribution in [0.15, 0.2) is 18.2 Å². The van der Waals surface area contributed by atoms with E-state index in [1.54, 1.807) is 0 Å². The lowest BCUT2D eigenvalue weighted by Crippen LogP contribution is -2.40. The first-order valence-electron chi connectivity index (χ1n) is 6.81. The lowest BCUT2D eigenvalue weighted by atomic mass is 9.70. The van der Waals surface area contributed by atoms with Crippen LogP contribution in [0.3, 0.4) is 0 Å². The minimum Gasteiger partial charge on any atom is -0.351 e. The molecule has 3 N–H and O–H groups in total. The zero-order chi connectivity index (χ0) is 14.6.